The number of thiazole rings is 1. The van der Waals surface area contributed by atoms with Gasteiger partial charge in [-0.1, -0.05) is 19.0 Å². The Balaban J connectivity index is 2.07. The Morgan fingerprint density at radius 2 is 2.15 bits per heavy atom. The molecule has 2 atom stereocenters. The lowest BCUT2D eigenvalue weighted by atomic mass is 9.98. The largest absolute Gasteiger partial charge is 0.339 e. The van der Waals surface area contributed by atoms with Crippen molar-refractivity contribution in [3.05, 3.63) is 27.8 Å². The zero-order valence-corrected chi connectivity index (χ0v) is 13.3. The van der Waals surface area contributed by atoms with E-state index in [0.29, 0.717) is 18.3 Å². The first-order chi connectivity index (χ1) is 9.63. The topological polar surface area (TPSA) is 63.8 Å². The average molecular weight is 294 g/mol. The number of hydrogen-bond donors (Lipinski definition) is 1. The van der Waals surface area contributed by atoms with Crippen LogP contribution >= 0.6 is 11.3 Å². The predicted molar refractivity (Wildman–Crippen MR) is 80.1 cm³/mol. The van der Waals surface area contributed by atoms with Gasteiger partial charge >= 0.3 is 0 Å². The SMILES string of the molecule is CCNC(C)C(CC)c1nc(Cc2csc(C)n2)no1. The summed E-state index contributed by atoms with van der Waals surface area (Å²) in [6, 6.07) is 0.333. The monoisotopic (exact) mass is 294 g/mol. The number of nitrogens with one attached hydrogen (secondary N) is 1. The molecule has 0 spiro atoms. The fraction of sp³-hybridized carbons (Fsp3) is 0.643. The van der Waals surface area contributed by atoms with Crippen LogP contribution in [0, 0.1) is 6.92 Å². The van der Waals surface area contributed by atoms with Crippen molar-refractivity contribution in [3.63, 3.8) is 0 Å². The molecular formula is C14H22N4OS. The second-order valence-electron chi connectivity index (χ2n) is 4.94. The molecule has 6 heteroatoms. The number of rotatable bonds is 7. The lowest BCUT2D eigenvalue weighted by Gasteiger charge is -2.19. The molecule has 2 heterocycles. The molecule has 20 heavy (non-hydrogen) atoms. The third-order valence-corrected chi connectivity index (χ3v) is 4.20. The first-order valence-corrected chi connectivity index (χ1v) is 7.98. The molecule has 0 saturated heterocycles. The molecule has 0 amide bonds. The molecule has 0 radical (unpaired) electrons. The first-order valence-electron chi connectivity index (χ1n) is 7.10. The summed E-state index contributed by atoms with van der Waals surface area (Å²) in [5, 5.41) is 10.6. The van der Waals surface area contributed by atoms with Crippen molar-refractivity contribution >= 4 is 11.3 Å². The number of aromatic nitrogens is 3. The lowest BCUT2D eigenvalue weighted by Crippen LogP contribution is -2.31. The minimum Gasteiger partial charge on any atom is -0.339 e. The molecule has 2 aromatic rings. The third-order valence-electron chi connectivity index (χ3n) is 3.38. The van der Waals surface area contributed by atoms with Gasteiger partial charge in [-0.2, -0.15) is 4.98 Å². The molecule has 0 aliphatic rings. The Labute approximate surface area is 123 Å². The standard InChI is InChI=1S/C14H22N4OS/c1-5-12(9(3)15-6-2)14-17-13(18-19-14)7-11-8-20-10(4)16-11/h8-9,12,15H,5-7H2,1-4H3. The number of likely N-dealkylation sites (N-methyl/N-ethyl adjacent to an activating group) is 1. The zero-order chi connectivity index (χ0) is 14.5. The summed E-state index contributed by atoms with van der Waals surface area (Å²) >= 11 is 1.65. The number of aryl methyl sites for hydroxylation is 1. The summed E-state index contributed by atoms with van der Waals surface area (Å²) in [6.07, 6.45) is 1.62. The molecule has 0 aliphatic carbocycles. The van der Waals surface area contributed by atoms with Crippen molar-refractivity contribution in [2.24, 2.45) is 0 Å². The highest BCUT2D eigenvalue weighted by molar-refractivity contribution is 7.09. The van der Waals surface area contributed by atoms with E-state index in [0.717, 1.165) is 29.6 Å². The Bertz CT molecular complexity index is 537. The molecule has 2 rings (SSSR count). The first kappa shape index (κ1) is 15.1. The predicted octanol–water partition coefficient (Wildman–Crippen LogP) is 2.92. The summed E-state index contributed by atoms with van der Waals surface area (Å²) in [7, 11) is 0. The fourth-order valence-electron chi connectivity index (χ4n) is 2.35. The van der Waals surface area contributed by atoms with Crippen LogP contribution in [0.4, 0.5) is 0 Å². The van der Waals surface area contributed by atoms with Gasteiger partial charge in [-0.3, -0.25) is 0 Å². The van der Waals surface area contributed by atoms with E-state index in [1.165, 1.54) is 0 Å². The van der Waals surface area contributed by atoms with Crippen LogP contribution in [0.2, 0.25) is 0 Å². The van der Waals surface area contributed by atoms with E-state index in [4.69, 9.17) is 4.52 Å². The minimum absolute atomic E-state index is 0.258. The van der Waals surface area contributed by atoms with Crippen molar-refractivity contribution < 1.29 is 4.52 Å². The Kier molecular flexibility index (Phi) is 5.25. The van der Waals surface area contributed by atoms with Crippen LogP contribution in [0.5, 0.6) is 0 Å². The van der Waals surface area contributed by atoms with Gasteiger partial charge in [0.15, 0.2) is 5.82 Å². The van der Waals surface area contributed by atoms with Gasteiger partial charge < -0.3 is 9.84 Å². The molecule has 2 aromatic heterocycles. The smallest absolute Gasteiger partial charge is 0.231 e. The second-order valence-corrected chi connectivity index (χ2v) is 6.01. The maximum atomic E-state index is 5.44. The quantitative estimate of drug-likeness (QED) is 0.850. The third kappa shape index (κ3) is 3.64. The van der Waals surface area contributed by atoms with Crippen LogP contribution in [0.1, 0.15) is 55.5 Å². The van der Waals surface area contributed by atoms with E-state index in [2.05, 4.69) is 41.2 Å². The Hall–Kier alpha value is -1.27. The molecule has 2 unspecified atom stereocenters. The van der Waals surface area contributed by atoms with E-state index in [9.17, 15) is 0 Å². The van der Waals surface area contributed by atoms with Gasteiger partial charge in [0.05, 0.1) is 23.0 Å². The number of nitrogens with zero attached hydrogens (tertiary/aromatic N) is 3. The molecule has 0 aromatic carbocycles. The molecular weight excluding hydrogens is 272 g/mol. The van der Waals surface area contributed by atoms with E-state index in [-0.39, 0.29) is 5.92 Å². The van der Waals surface area contributed by atoms with Crippen molar-refractivity contribution in [2.45, 2.75) is 52.5 Å². The zero-order valence-electron chi connectivity index (χ0n) is 12.5. The minimum atomic E-state index is 0.258. The van der Waals surface area contributed by atoms with Gasteiger partial charge in [0.2, 0.25) is 5.89 Å². The van der Waals surface area contributed by atoms with Crippen LogP contribution in [0.25, 0.3) is 0 Å². The summed E-state index contributed by atoms with van der Waals surface area (Å²) in [6.45, 7) is 9.35. The average Bonchev–Trinajstić information content (AvgIpc) is 3.01. The van der Waals surface area contributed by atoms with E-state index >= 15 is 0 Å². The normalized spacial score (nSPS) is 14.4. The van der Waals surface area contributed by atoms with E-state index in [1.807, 2.05) is 12.3 Å². The van der Waals surface area contributed by atoms with Crippen LogP contribution < -0.4 is 5.32 Å². The van der Waals surface area contributed by atoms with Crippen LogP contribution in [0.3, 0.4) is 0 Å². The van der Waals surface area contributed by atoms with Gasteiger partial charge in [0, 0.05) is 11.4 Å². The van der Waals surface area contributed by atoms with Gasteiger partial charge in [-0.25, -0.2) is 4.98 Å². The summed E-state index contributed by atoms with van der Waals surface area (Å²) < 4.78 is 5.44. The molecule has 0 aliphatic heterocycles. The van der Waals surface area contributed by atoms with Crippen molar-refractivity contribution in [1.29, 1.82) is 0 Å². The summed E-state index contributed by atoms with van der Waals surface area (Å²) in [5.41, 5.74) is 1.01. The molecule has 0 fully saturated rings. The van der Waals surface area contributed by atoms with Crippen LogP contribution in [0.15, 0.2) is 9.90 Å². The highest BCUT2D eigenvalue weighted by Gasteiger charge is 2.23. The van der Waals surface area contributed by atoms with Crippen LogP contribution in [-0.2, 0) is 6.42 Å². The highest BCUT2D eigenvalue weighted by atomic mass is 32.1. The molecule has 0 bridgehead atoms. The van der Waals surface area contributed by atoms with Crippen molar-refractivity contribution in [3.8, 4) is 0 Å². The van der Waals surface area contributed by atoms with Gasteiger partial charge in [0.1, 0.15) is 0 Å². The molecule has 110 valence electrons. The van der Waals surface area contributed by atoms with Gasteiger partial charge in [-0.15, -0.1) is 11.3 Å². The van der Waals surface area contributed by atoms with Gasteiger partial charge in [0.25, 0.3) is 0 Å². The fourth-order valence-corrected chi connectivity index (χ4v) is 2.96. The van der Waals surface area contributed by atoms with E-state index in [1.54, 1.807) is 11.3 Å². The van der Waals surface area contributed by atoms with Gasteiger partial charge in [-0.05, 0) is 26.8 Å². The second kappa shape index (κ2) is 6.95. The van der Waals surface area contributed by atoms with E-state index < -0.39 is 0 Å². The summed E-state index contributed by atoms with van der Waals surface area (Å²) in [5.74, 6) is 1.70. The maximum absolute atomic E-state index is 5.44. The lowest BCUT2D eigenvalue weighted by molar-refractivity contribution is 0.316. The molecule has 5 nitrogen and oxygen atoms in total. The summed E-state index contributed by atoms with van der Waals surface area (Å²) in [4.78, 5) is 8.97. The molecule has 1 N–H and O–H groups in total. The van der Waals surface area contributed by atoms with Crippen molar-refractivity contribution in [1.82, 2.24) is 20.4 Å². The maximum Gasteiger partial charge on any atom is 0.231 e. The molecule has 0 saturated carbocycles. The van der Waals surface area contributed by atoms with Crippen molar-refractivity contribution in [2.75, 3.05) is 6.54 Å². The Morgan fingerprint density at radius 1 is 1.35 bits per heavy atom. The van der Waals surface area contributed by atoms with Crippen LogP contribution in [-0.4, -0.2) is 27.7 Å². The highest BCUT2D eigenvalue weighted by Crippen LogP contribution is 2.22. The Morgan fingerprint density at radius 3 is 2.75 bits per heavy atom. The number of hydrogen-bond acceptors (Lipinski definition) is 6.